The fraction of sp³-hybridized carbons (Fsp3) is 0.824. The summed E-state index contributed by atoms with van der Waals surface area (Å²) >= 11 is 0. The number of carbonyl (C=O) groups is 1. The van der Waals surface area contributed by atoms with Crippen LogP contribution in [0.3, 0.4) is 0 Å². The summed E-state index contributed by atoms with van der Waals surface area (Å²) in [5.74, 6) is 0.318. The lowest BCUT2D eigenvalue weighted by molar-refractivity contribution is -0.873. The summed E-state index contributed by atoms with van der Waals surface area (Å²) in [7, 11) is 6.34. The predicted molar refractivity (Wildman–Crippen MR) is 85.4 cm³/mol. The molecule has 0 fully saturated rings. The van der Waals surface area contributed by atoms with E-state index in [1.165, 1.54) is 0 Å². The van der Waals surface area contributed by atoms with Crippen LogP contribution in [0.1, 0.15) is 47.5 Å². The van der Waals surface area contributed by atoms with Crippen LogP contribution < -0.4 is 0 Å². The molecule has 3 heteroatoms. The number of hydrogen-bond donors (Lipinski definition) is 0. The number of hydrogen-bond acceptors (Lipinski definition) is 2. The Hall–Kier alpha value is -0.830. The van der Waals surface area contributed by atoms with Gasteiger partial charge in [-0.1, -0.05) is 46.8 Å². The standard InChI is InChI=1S/C17H34NO2/c1-13(2)14(3)10-15(12-18(7,8)9)20-16(19)11-17(4,5)6/h13,15H,3,10-12H2,1-2,4-9H3/q+1. The number of ether oxygens (including phenoxy) is 1. The predicted octanol–water partition coefficient (Wildman–Crippen LogP) is 3.64. The highest BCUT2D eigenvalue weighted by Crippen LogP contribution is 2.22. The van der Waals surface area contributed by atoms with Gasteiger partial charge in [0.15, 0.2) is 6.10 Å². The molecule has 0 aromatic rings. The molecular weight excluding hydrogens is 250 g/mol. The van der Waals surface area contributed by atoms with E-state index in [9.17, 15) is 4.79 Å². The van der Waals surface area contributed by atoms with Crippen LogP contribution in [-0.4, -0.2) is 44.2 Å². The van der Waals surface area contributed by atoms with Gasteiger partial charge >= 0.3 is 5.97 Å². The Morgan fingerprint density at radius 1 is 1.20 bits per heavy atom. The van der Waals surface area contributed by atoms with Crippen molar-refractivity contribution < 1.29 is 14.0 Å². The second-order valence-electron chi connectivity index (χ2n) is 8.34. The third kappa shape index (κ3) is 10.0. The van der Waals surface area contributed by atoms with Crippen LogP contribution in [0.25, 0.3) is 0 Å². The van der Waals surface area contributed by atoms with E-state index in [-0.39, 0.29) is 17.5 Å². The van der Waals surface area contributed by atoms with E-state index < -0.39 is 0 Å². The summed E-state index contributed by atoms with van der Waals surface area (Å²) < 4.78 is 6.48. The van der Waals surface area contributed by atoms with E-state index >= 15 is 0 Å². The number of quaternary nitrogens is 1. The summed E-state index contributed by atoms with van der Waals surface area (Å²) in [6, 6.07) is 0. The van der Waals surface area contributed by atoms with Crippen molar-refractivity contribution in [2.75, 3.05) is 27.7 Å². The van der Waals surface area contributed by atoms with Gasteiger partial charge < -0.3 is 9.22 Å². The van der Waals surface area contributed by atoms with Gasteiger partial charge in [0.2, 0.25) is 0 Å². The molecule has 1 unspecified atom stereocenters. The van der Waals surface area contributed by atoms with Crippen LogP contribution in [0.5, 0.6) is 0 Å². The molecule has 118 valence electrons. The quantitative estimate of drug-likeness (QED) is 0.405. The maximum atomic E-state index is 12.0. The average molecular weight is 284 g/mol. The van der Waals surface area contributed by atoms with Gasteiger partial charge in [-0.2, -0.15) is 0 Å². The maximum absolute atomic E-state index is 12.0. The number of likely N-dealkylation sites (N-methyl/N-ethyl adjacent to an activating group) is 1. The number of nitrogens with zero attached hydrogens (tertiary/aromatic N) is 1. The Morgan fingerprint density at radius 3 is 2.05 bits per heavy atom. The molecule has 0 saturated carbocycles. The zero-order chi connectivity index (χ0) is 16.1. The van der Waals surface area contributed by atoms with E-state index in [0.29, 0.717) is 12.3 Å². The fourth-order valence-corrected chi connectivity index (χ4v) is 1.94. The third-order valence-corrected chi connectivity index (χ3v) is 3.03. The first kappa shape index (κ1) is 19.2. The van der Waals surface area contributed by atoms with E-state index in [1.807, 2.05) is 0 Å². The normalized spacial score (nSPS) is 14.2. The van der Waals surface area contributed by atoms with Crippen molar-refractivity contribution >= 4 is 5.97 Å². The van der Waals surface area contributed by atoms with E-state index in [0.717, 1.165) is 23.0 Å². The smallest absolute Gasteiger partial charge is 0.306 e. The lowest BCUT2D eigenvalue weighted by Crippen LogP contribution is -2.43. The first-order valence-electron chi connectivity index (χ1n) is 7.48. The molecule has 0 radical (unpaired) electrons. The molecule has 0 amide bonds. The van der Waals surface area contributed by atoms with Gasteiger partial charge in [-0.25, -0.2) is 0 Å². The zero-order valence-electron chi connectivity index (χ0n) is 14.7. The minimum atomic E-state index is -0.104. The molecule has 0 spiro atoms. The first-order valence-corrected chi connectivity index (χ1v) is 7.48. The molecule has 0 saturated heterocycles. The van der Waals surface area contributed by atoms with Crippen molar-refractivity contribution in [1.29, 1.82) is 0 Å². The molecule has 0 aromatic carbocycles. The molecule has 0 aliphatic carbocycles. The van der Waals surface area contributed by atoms with Gasteiger partial charge in [0, 0.05) is 6.42 Å². The van der Waals surface area contributed by atoms with Gasteiger partial charge in [0.25, 0.3) is 0 Å². The maximum Gasteiger partial charge on any atom is 0.306 e. The van der Waals surface area contributed by atoms with Crippen LogP contribution in [-0.2, 0) is 9.53 Å². The van der Waals surface area contributed by atoms with Crippen molar-refractivity contribution in [2.24, 2.45) is 11.3 Å². The fourth-order valence-electron chi connectivity index (χ4n) is 1.94. The lowest BCUT2D eigenvalue weighted by Gasteiger charge is -2.30. The molecule has 3 nitrogen and oxygen atoms in total. The first-order chi connectivity index (χ1) is 8.80. The monoisotopic (exact) mass is 284 g/mol. The van der Waals surface area contributed by atoms with Crippen LogP contribution in [0.2, 0.25) is 0 Å². The molecule has 0 aliphatic rings. The van der Waals surface area contributed by atoms with Crippen LogP contribution in [0.15, 0.2) is 12.2 Å². The Morgan fingerprint density at radius 2 is 1.70 bits per heavy atom. The molecule has 0 aliphatic heterocycles. The van der Waals surface area contributed by atoms with Gasteiger partial charge in [0.05, 0.1) is 27.6 Å². The molecule has 0 aromatic heterocycles. The summed E-state index contributed by atoms with van der Waals surface area (Å²) in [5.41, 5.74) is 1.11. The van der Waals surface area contributed by atoms with Gasteiger partial charge in [0.1, 0.15) is 6.54 Å². The van der Waals surface area contributed by atoms with E-state index in [4.69, 9.17) is 4.74 Å². The second kappa shape index (κ2) is 7.26. The Kier molecular flexibility index (Phi) is 6.96. The summed E-state index contributed by atoms with van der Waals surface area (Å²) in [6.07, 6.45) is 1.12. The molecule has 0 heterocycles. The second-order valence-corrected chi connectivity index (χ2v) is 8.34. The minimum Gasteiger partial charge on any atom is -0.456 e. The van der Waals surface area contributed by atoms with Crippen LogP contribution in [0, 0.1) is 11.3 Å². The Labute approximate surface area is 125 Å². The molecule has 0 rings (SSSR count). The van der Waals surface area contributed by atoms with Crippen LogP contribution >= 0.6 is 0 Å². The zero-order valence-corrected chi connectivity index (χ0v) is 14.7. The average Bonchev–Trinajstić information content (AvgIpc) is 2.10. The molecule has 0 bridgehead atoms. The molecule has 1 atom stereocenters. The SMILES string of the molecule is C=C(CC(C[N+](C)(C)C)OC(=O)CC(C)(C)C)C(C)C. The highest BCUT2D eigenvalue weighted by Gasteiger charge is 2.25. The Bertz CT molecular complexity index is 332. The van der Waals surface area contributed by atoms with Gasteiger partial charge in [-0.15, -0.1) is 0 Å². The number of rotatable bonds is 7. The topological polar surface area (TPSA) is 26.3 Å². The Balaban J connectivity index is 4.69. The minimum absolute atomic E-state index is 0.0344. The highest BCUT2D eigenvalue weighted by atomic mass is 16.5. The van der Waals surface area contributed by atoms with Crippen molar-refractivity contribution in [1.82, 2.24) is 0 Å². The third-order valence-electron chi connectivity index (χ3n) is 3.03. The van der Waals surface area contributed by atoms with E-state index in [1.54, 1.807) is 0 Å². The van der Waals surface area contributed by atoms with Gasteiger partial charge in [-0.3, -0.25) is 4.79 Å². The van der Waals surface area contributed by atoms with Crippen molar-refractivity contribution in [3.05, 3.63) is 12.2 Å². The molecule has 20 heavy (non-hydrogen) atoms. The summed E-state index contributed by atoms with van der Waals surface area (Å²) in [4.78, 5) is 12.0. The van der Waals surface area contributed by atoms with E-state index in [2.05, 4.69) is 62.3 Å². The van der Waals surface area contributed by atoms with Gasteiger partial charge in [-0.05, 0) is 11.3 Å². The molecule has 0 N–H and O–H groups in total. The van der Waals surface area contributed by atoms with Crippen molar-refractivity contribution in [3.63, 3.8) is 0 Å². The number of esters is 1. The number of carbonyl (C=O) groups excluding carboxylic acids is 1. The van der Waals surface area contributed by atoms with Crippen molar-refractivity contribution in [3.8, 4) is 0 Å². The summed E-state index contributed by atoms with van der Waals surface area (Å²) in [5, 5.41) is 0. The summed E-state index contributed by atoms with van der Waals surface area (Å²) in [6.45, 7) is 15.3. The van der Waals surface area contributed by atoms with Crippen LogP contribution in [0.4, 0.5) is 0 Å². The largest absolute Gasteiger partial charge is 0.456 e. The highest BCUT2D eigenvalue weighted by molar-refractivity contribution is 5.70. The molecular formula is C17H34NO2+. The van der Waals surface area contributed by atoms with Crippen molar-refractivity contribution in [2.45, 2.75) is 53.6 Å². The lowest BCUT2D eigenvalue weighted by atomic mass is 9.92.